The van der Waals surface area contributed by atoms with E-state index in [9.17, 15) is 9.59 Å². The molecule has 0 heterocycles. The van der Waals surface area contributed by atoms with E-state index in [1.165, 1.54) is 11.3 Å². The molecule has 3 aromatic rings. The highest BCUT2D eigenvalue weighted by Gasteiger charge is 2.23. The average Bonchev–Trinajstić information content (AvgIpc) is 2.80. The SMILES string of the molecule is N/N=C\N(N)c1ccccc1NC(=O)C(Cc1ccccc1)NC(=O)c1ccccc1. The summed E-state index contributed by atoms with van der Waals surface area (Å²) < 4.78 is 0. The minimum absolute atomic E-state index is 0.323. The molecule has 1 atom stereocenters. The third-order valence-corrected chi connectivity index (χ3v) is 4.57. The Morgan fingerprint density at radius 3 is 2.23 bits per heavy atom. The number of nitrogens with two attached hydrogens (primary N) is 2. The van der Waals surface area contributed by atoms with Gasteiger partial charge in [-0.3, -0.25) is 14.6 Å². The number of hydrogen-bond acceptors (Lipinski definition) is 5. The van der Waals surface area contributed by atoms with E-state index in [4.69, 9.17) is 11.7 Å². The first-order valence-electron chi connectivity index (χ1n) is 9.65. The second kappa shape index (κ2) is 10.6. The largest absolute Gasteiger partial charge is 0.340 e. The Balaban J connectivity index is 1.83. The molecule has 1 unspecified atom stereocenters. The summed E-state index contributed by atoms with van der Waals surface area (Å²) in [7, 11) is 0. The second-order valence-corrected chi connectivity index (χ2v) is 6.76. The molecule has 0 aliphatic carbocycles. The van der Waals surface area contributed by atoms with Gasteiger partial charge in [0.05, 0.1) is 11.4 Å². The van der Waals surface area contributed by atoms with Crippen molar-refractivity contribution in [3.05, 3.63) is 96.1 Å². The minimum atomic E-state index is -0.808. The van der Waals surface area contributed by atoms with Gasteiger partial charge in [-0.1, -0.05) is 60.7 Å². The fraction of sp³-hybridized carbons (Fsp3) is 0.0870. The van der Waals surface area contributed by atoms with Crippen LogP contribution in [0.2, 0.25) is 0 Å². The van der Waals surface area contributed by atoms with Crippen LogP contribution in [0.3, 0.4) is 0 Å². The number of hydrogen-bond donors (Lipinski definition) is 4. The van der Waals surface area contributed by atoms with Crippen LogP contribution >= 0.6 is 0 Å². The number of anilines is 2. The summed E-state index contributed by atoms with van der Waals surface area (Å²) in [4.78, 5) is 25.9. The molecule has 8 nitrogen and oxygen atoms in total. The van der Waals surface area contributed by atoms with Crippen molar-refractivity contribution in [2.75, 3.05) is 10.3 Å². The Kier molecular flexibility index (Phi) is 7.34. The van der Waals surface area contributed by atoms with Crippen LogP contribution in [0.5, 0.6) is 0 Å². The molecule has 3 rings (SSSR count). The predicted molar refractivity (Wildman–Crippen MR) is 122 cm³/mol. The van der Waals surface area contributed by atoms with Crippen molar-refractivity contribution in [1.29, 1.82) is 0 Å². The van der Waals surface area contributed by atoms with E-state index in [2.05, 4.69) is 15.7 Å². The molecular formula is C23H24N6O2. The molecule has 0 aromatic heterocycles. The Morgan fingerprint density at radius 2 is 1.55 bits per heavy atom. The maximum atomic E-state index is 13.2. The Bertz CT molecular complexity index is 1040. The molecule has 0 bridgehead atoms. The van der Waals surface area contributed by atoms with Gasteiger partial charge in [0.2, 0.25) is 5.91 Å². The summed E-state index contributed by atoms with van der Waals surface area (Å²) in [6.45, 7) is 0. The molecule has 0 fully saturated rings. The Morgan fingerprint density at radius 1 is 0.935 bits per heavy atom. The van der Waals surface area contributed by atoms with Crippen LogP contribution in [0.1, 0.15) is 15.9 Å². The summed E-state index contributed by atoms with van der Waals surface area (Å²) in [5.41, 5.74) is 2.35. The number of amides is 2. The summed E-state index contributed by atoms with van der Waals surface area (Å²) in [5, 5.41) is 10.3. The lowest BCUT2D eigenvalue weighted by atomic mass is 10.0. The minimum Gasteiger partial charge on any atom is -0.340 e. The topological polar surface area (TPSA) is 126 Å². The lowest BCUT2D eigenvalue weighted by molar-refractivity contribution is -0.118. The van der Waals surface area contributed by atoms with Gasteiger partial charge < -0.3 is 16.5 Å². The molecule has 0 saturated heterocycles. The summed E-state index contributed by atoms with van der Waals surface area (Å²) in [5.74, 6) is 10.4. The van der Waals surface area contributed by atoms with Crippen LogP contribution in [0.25, 0.3) is 0 Å². The second-order valence-electron chi connectivity index (χ2n) is 6.76. The molecule has 3 aromatic carbocycles. The monoisotopic (exact) mass is 416 g/mol. The third kappa shape index (κ3) is 5.91. The fourth-order valence-electron chi connectivity index (χ4n) is 3.05. The Labute approximate surface area is 180 Å². The summed E-state index contributed by atoms with van der Waals surface area (Å²) in [6.07, 6.45) is 1.55. The zero-order valence-corrected chi connectivity index (χ0v) is 16.8. The van der Waals surface area contributed by atoms with Crippen molar-refractivity contribution >= 4 is 29.5 Å². The van der Waals surface area contributed by atoms with Crippen molar-refractivity contribution in [3.63, 3.8) is 0 Å². The van der Waals surface area contributed by atoms with E-state index in [-0.39, 0.29) is 11.8 Å². The van der Waals surface area contributed by atoms with Crippen molar-refractivity contribution in [2.24, 2.45) is 16.8 Å². The van der Waals surface area contributed by atoms with Crippen molar-refractivity contribution in [3.8, 4) is 0 Å². The number of hydrazine groups is 1. The molecule has 0 radical (unpaired) electrons. The number of nitrogens with one attached hydrogen (secondary N) is 2. The Hall–Kier alpha value is -4.17. The van der Waals surface area contributed by atoms with Crippen LogP contribution < -0.4 is 27.3 Å². The van der Waals surface area contributed by atoms with Gasteiger partial charge in [0.15, 0.2) is 0 Å². The number of hydrazone groups is 1. The number of rotatable bonds is 8. The van der Waals surface area contributed by atoms with E-state index in [1.54, 1.807) is 48.5 Å². The van der Waals surface area contributed by atoms with E-state index < -0.39 is 6.04 Å². The molecule has 158 valence electrons. The predicted octanol–water partition coefficient (Wildman–Crippen LogP) is 2.25. The van der Waals surface area contributed by atoms with Gasteiger partial charge in [-0.15, -0.1) is 0 Å². The molecule has 0 saturated carbocycles. The number of para-hydroxylation sites is 2. The fourth-order valence-corrected chi connectivity index (χ4v) is 3.05. The normalized spacial score (nSPS) is 11.6. The standard InChI is InChI=1S/C23H24N6O2/c24-26-16-29(25)21-14-8-7-13-19(21)27-23(31)20(15-17-9-3-1-4-10-17)28-22(30)18-11-5-2-6-12-18/h1-14,16,20H,15,24-25H2,(H,27,31)(H,28,30)/b26-16-. The third-order valence-electron chi connectivity index (χ3n) is 4.57. The highest BCUT2D eigenvalue weighted by atomic mass is 16.2. The highest BCUT2D eigenvalue weighted by molar-refractivity contribution is 6.03. The van der Waals surface area contributed by atoms with Gasteiger partial charge in [0, 0.05) is 12.0 Å². The first-order valence-corrected chi connectivity index (χ1v) is 9.65. The van der Waals surface area contributed by atoms with Gasteiger partial charge in [0.1, 0.15) is 12.4 Å². The van der Waals surface area contributed by atoms with Crippen molar-refractivity contribution in [1.82, 2.24) is 5.32 Å². The van der Waals surface area contributed by atoms with Crippen LogP contribution in [-0.4, -0.2) is 24.2 Å². The van der Waals surface area contributed by atoms with Crippen LogP contribution in [0.15, 0.2) is 90.0 Å². The molecule has 0 spiro atoms. The van der Waals surface area contributed by atoms with Gasteiger partial charge in [-0.2, -0.15) is 5.10 Å². The number of benzene rings is 3. The lowest BCUT2D eigenvalue weighted by Crippen LogP contribution is -2.45. The first-order chi connectivity index (χ1) is 15.1. The van der Waals surface area contributed by atoms with Crippen molar-refractivity contribution in [2.45, 2.75) is 12.5 Å². The molecule has 0 aliphatic rings. The maximum absolute atomic E-state index is 13.2. The molecule has 8 heteroatoms. The van der Waals surface area contributed by atoms with Crippen LogP contribution in [-0.2, 0) is 11.2 Å². The van der Waals surface area contributed by atoms with E-state index in [0.29, 0.717) is 23.4 Å². The van der Waals surface area contributed by atoms with Crippen molar-refractivity contribution < 1.29 is 9.59 Å². The number of carbonyl (C=O) groups is 2. The number of carbonyl (C=O) groups excluding carboxylic acids is 2. The number of nitrogens with zero attached hydrogens (tertiary/aromatic N) is 2. The van der Waals surface area contributed by atoms with Gasteiger partial charge >= 0.3 is 0 Å². The zero-order valence-electron chi connectivity index (χ0n) is 16.8. The van der Waals surface area contributed by atoms with E-state index >= 15 is 0 Å². The van der Waals surface area contributed by atoms with Gasteiger partial charge in [-0.25, -0.2) is 5.84 Å². The van der Waals surface area contributed by atoms with E-state index in [1.807, 2.05) is 36.4 Å². The first kappa shape index (κ1) is 21.5. The smallest absolute Gasteiger partial charge is 0.251 e. The molecular weight excluding hydrogens is 392 g/mol. The molecule has 6 N–H and O–H groups in total. The summed E-state index contributed by atoms with van der Waals surface area (Å²) in [6, 6.07) is 24.4. The van der Waals surface area contributed by atoms with Crippen LogP contribution in [0, 0.1) is 0 Å². The zero-order chi connectivity index (χ0) is 22.1. The molecule has 2 amide bonds. The summed E-state index contributed by atoms with van der Waals surface area (Å²) >= 11 is 0. The van der Waals surface area contributed by atoms with Crippen LogP contribution in [0.4, 0.5) is 11.4 Å². The quantitative estimate of drug-likeness (QED) is 0.194. The van der Waals surface area contributed by atoms with Gasteiger partial charge in [-0.05, 0) is 29.8 Å². The maximum Gasteiger partial charge on any atom is 0.251 e. The highest BCUT2D eigenvalue weighted by Crippen LogP contribution is 2.23. The average molecular weight is 416 g/mol. The molecule has 0 aliphatic heterocycles. The lowest BCUT2D eigenvalue weighted by Gasteiger charge is -2.21. The van der Waals surface area contributed by atoms with Gasteiger partial charge in [0.25, 0.3) is 5.91 Å². The molecule has 31 heavy (non-hydrogen) atoms. The van der Waals surface area contributed by atoms with E-state index in [0.717, 1.165) is 5.56 Å².